The molecule has 1 atom stereocenters. The van der Waals surface area contributed by atoms with Crippen molar-refractivity contribution in [2.45, 2.75) is 25.9 Å². The van der Waals surface area contributed by atoms with Crippen LogP contribution in [-0.4, -0.2) is 28.5 Å². The number of fused-ring (bicyclic) bond motifs is 1. The zero-order chi connectivity index (χ0) is 10.3. The van der Waals surface area contributed by atoms with Crippen LogP contribution in [0.4, 0.5) is 5.82 Å². The number of nitrogens with two attached hydrogens (primary N) is 1. The summed E-state index contributed by atoms with van der Waals surface area (Å²) < 4.78 is 1.97. The lowest BCUT2D eigenvalue weighted by molar-refractivity contribution is -0.119. The van der Waals surface area contributed by atoms with Gasteiger partial charge in [0, 0.05) is 13.6 Å². The van der Waals surface area contributed by atoms with Crippen LogP contribution in [0.3, 0.4) is 0 Å². The number of anilines is 1. The predicted molar refractivity (Wildman–Crippen MR) is 53.0 cm³/mol. The fourth-order valence-corrected chi connectivity index (χ4v) is 1.83. The van der Waals surface area contributed by atoms with Gasteiger partial charge in [0.2, 0.25) is 5.91 Å². The Hall–Kier alpha value is -1.36. The minimum absolute atomic E-state index is 0.0349. The van der Waals surface area contributed by atoms with E-state index in [2.05, 4.69) is 4.98 Å². The van der Waals surface area contributed by atoms with Gasteiger partial charge in [-0.25, -0.2) is 4.98 Å². The standard InChI is InChI=1S/C9H14N4O/c1-6-8-12(2)9(14)7(10)3-4-13(8)5-11-6/h5,7H,3-4,10H2,1-2H3. The van der Waals surface area contributed by atoms with Gasteiger partial charge in [-0.1, -0.05) is 0 Å². The maximum absolute atomic E-state index is 11.7. The Balaban J connectivity index is 2.47. The number of imidazole rings is 1. The van der Waals surface area contributed by atoms with Gasteiger partial charge in [0.1, 0.15) is 5.82 Å². The fourth-order valence-electron chi connectivity index (χ4n) is 1.83. The number of rotatable bonds is 0. The third-order valence-corrected chi connectivity index (χ3v) is 2.63. The highest BCUT2D eigenvalue weighted by molar-refractivity contribution is 5.96. The van der Waals surface area contributed by atoms with Crippen molar-refractivity contribution < 1.29 is 4.79 Å². The summed E-state index contributed by atoms with van der Waals surface area (Å²) in [5.74, 6) is 0.829. The Labute approximate surface area is 82.5 Å². The zero-order valence-electron chi connectivity index (χ0n) is 8.40. The summed E-state index contributed by atoms with van der Waals surface area (Å²) in [6.07, 6.45) is 2.43. The maximum Gasteiger partial charge on any atom is 0.244 e. The number of hydrogen-bond donors (Lipinski definition) is 1. The summed E-state index contributed by atoms with van der Waals surface area (Å²) >= 11 is 0. The molecule has 2 heterocycles. The van der Waals surface area contributed by atoms with E-state index in [-0.39, 0.29) is 11.9 Å². The first-order chi connectivity index (χ1) is 6.61. The second-order valence-corrected chi connectivity index (χ2v) is 3.64. The summed E-state index contributed by atoms with van der Waals surface area (Å²) in [7, 11) is 1.74. The molecule has 1 unspecified atom stereocenters. The molecule has 0 spiro atoms. The SMILES string of the molecule is Cc1ncn2c1N(C)C(=O)C(N)CC2. The van der Waals surface area contributed by atoms with E-state index < -0.39 is 0 Å². The van der Waals surface area contributed by atoms with Crippen LogP contribution in [0.1, 0.15) is 12.1 Å². The summed E-state index contributed by atoms with van der Waals surface area (Å²) in [4.78, 5) is 17.5. The maximum atomic E-state index is 11.7. The second kappa shape index (κ2) is 3.09. The average molecular weight is 194 g/mol. The molecule has 5 nitrogen and oxygen atoms in total. The van der Waals surface area contributed by atoms with E-state index in [1.807, 2.05) is 11.5 Å². The van der Waals surface area contributed by atoms with E-state index in [4.69, 9.17) is 5.73 Å². The van der Waals surface area contributed by atoms with Crippen molar-refractivity contribution in [3.8, 4) is 0 Å². The Bertz CT molecular complexity index is 371. The molecule has 1 aromatic rings. The van der Waals surface area contributed by atoms with Crippen molar-refractivity contribution >= 4 is 11.7 Å². The van der Waals surface area contributed by atoms with E-state index in [1.54, 1.807) is 18.3 Å². The molecule has 1 amide bonds. The molecule has 0 bridgehead atoms. The molecule has 1 aliphatic heterocycles. The van der Waals surface area contributed by atoms with Crippen LogP contribution in [0.5, 0.6) is 0 Å². The average Bonchev–Trinajstić information content (AvgIpc) is 2.49. The first-order valence-electron chi connectivity index (χ1n) is 4.66. The van der Waals surface area contributed by atoms with Crippen LogP contribution in [0.15, 0.2) is 6.33 Å². The quantitative estimate of drug-likeness (QED) is 0.626. The van der Waals surface area contributed by atoms with Gasteiger partial charge < -0.3 is 10.3 Å². The Morgan fingerprint density at radius 3 is 3.07 bits per heavy atom. The summed E-state index contributed by atoms with van der Waals surface area (Å²) in [5, 5.41) is 0. The van der Waals surface area contributed by atoms with Gasteiger partial charge >= 0.3 is 0 Å². The third kappa shape index (κ3) is 1.21. The molecule has 0 fully saturated rings. The van der Waals surface area contributed by atoms with Crippen LogP contribution in [0.2, 0.25) is 0 Å². The Kier molecular flexibility index (Phi) is 2.03. The van der Waals surface area contributed by atoms with E-state index in [1.165, 1.54) is 0 Å². The highest BCUT2D eigenvalue weighted by Crippen LogP contribution is 2.22. The van der Waals surface area contributed by atoms with Gasteiger partial charge in [-0.3, -0.25) is 9.69 Å². The number of likely N-dealkylation sites (N-methyl/N-ethyl adjacent to an activating group) is 1. The molecule has 5 heteroatoms. The van der Waals surface area contributed by atoms with Crippen molar-refractivity contribution in [3.05, 3.63) is 12.0 Å². The smallest absolute Gasteiger partial charge is 0.244 e. The molecule has 0 saturated heterocycles. The molecule has 1 aromatic heterocycles. The number of carbonyl (C=O) groups excluding carboxylic acids is 1. The van der Waals surface area contributed by atoms with E-state index >= 15 is 0 Å². The Morgan fingerprint density at radius 2 is 2.36 bits per heavy atom. The molecular weight excluding hydrogens is 180 g/mol. The molecule has 0 radical (unpaired) electrons. The molecule has 0 saturated carbocycles. The number of aryl methyl sites for hydroxylation is 2. The summed E-state index contributed by atoms with van der Waals surface area (Å²) in [6, 6.07) is -0.390. The fraction of sp³-hybridized carbons (Fsp3) is 0.556. The van der Waals surface area contributed by atoms with Gasteiger partial charge in [0.05, 0.1) is 18.1 Å². The normalized spacial score (nSPS) is 22.1. The number of amides is 1. The lowest BCUT2D eigenvalue weighted by Gasteiger charge is -2.17. The lowest BCUT2D eigenvalue weighted by Crippen LogP contribution is -2.40. The molecule has 1 aliphatic rings. The minimum atomic E-state index is -0.390. The zero-order valence-corrected chi connectivity index (χ0v) is 8.40. The van der Waals surface area contributed by atoms with Gasteiger partial charge in [-0.15, -0.1) is 0 Å². The molecule has 76 valence electrons. The molecule has 14 heavy (non-hydrogen) atoms. The van der Waals surface area contributed by atoms with Crippen molar-refractivity contribution in [2.75, 3.05) is 11.9 Å². The molecule has 0 aromatic carbocycles. The van der Waals surface area contributed by atoms with Gasteiger partial charge in [0.15, 0.2) is 0 Å². The van der Waals surface area contributed by atoms with E-state index in [0.29, 0.717) is 6.42 Å². The number of aromatic nitrogens is 2. The van der Waals surface area contributed by atoms with Crippen LogP contribution in [0, 0.1) is 6.92 Å². The lowest BCUT2D eigenvalue weighted by atomic mass is 10.2. The molecule has 0 aliphatic carbocycles. The van der Waals surface area contributed by atoms with Crippen LogP contribution in [-0.2, 0) is 11.3 Å². The third-order valence-electron chi connectivity index (χ3n) is 2.63. The Morgan fingerprint density at radius 1 is 1.64 bits per heavy atom. The van der Waals surface area contributed by atoms with Crippen LogP contribution >= 0.6 is 0 Å². The first-order valence-corrected chi connectivity index (χ1v) is 4.66. The summed E-state index contributed by atoms with van der Waals surface area (Å²) in [5.41, 5.74) is 6.60. The van der Waals surface area contributed by atoms with Crippen molar-refractivity contribution in [2.24, 2.45) is 5.73 Å². The predicted octanol–water partition coefficient (Wildman–Crippen LogP) is -0.115. The van der Waals surface area contributed by atoms with Gasteiger partial charge in [-0.2, -0.15) is 0 Å². The highest BCUT2D eigenvalue weighted by Gasteiger charge is 2.26. The molecule has 2 rings (SSSR count). The number of nitrogens with zero attached hydrogens (tertiary/aromatic N) is 3. The van der Waals surface area contributed by atoms with E-state index in [9.17, 15) is 4.79 Å². The van der Waals surface area contributed by atoms with Crippen molar-refractivity contribution in [1.82, 2.24) is 9.55 Å². The monoisotopic (exact) mass is 194 g/mol. The first kappa shape index (κ1) is 9.21. The second-order valence-electron chi connectivity index (χ2n) is 3.64. The number of carbonyl (C=O) groups is 1. The van der Waals surface area contributed by atoms with Gasteiger partial charge in [0.25, 0.3) is 0 Å². The van der Waals surface area contributed by atoms with E-state index in [0.717, 1.165) is 18.1 Å². The van der Waals surface area contributed by atoms with Gasteiger partial charge in [-0.05, 0) is 13.3 Å². The molecular formula is C9H14N4O. The number of hydrogen-bond acceptors (Lipinski definition) is 3. The molecule has 2 N–H and O–H groups in total. The van der Waals surface area contributed by atoms with Crippen LogP contribution in [0.25, 0.3) is 0 Å². The highest BCUT2D eigenvalue weighted by atomic mass is 16.2. The van der Waals surface area contributed by atoms with Crippen molar-refractivity contribution in [1.29, 1.82) is 0 Å². The summed E-state index contributed by atoms with van der Waals surface area (Å²) in [6.45, 7) is 2.65. The van der Waals surface area contributed by atoms with Crippen molar-refractivity contribution in [3.63, 3.8) is 0 Å². The van der Waals surface area contributed by atoms with Crippen LogP contribution < -0.4 is 10.6 Å². The topological polar surface area (TPSA) is 64.2 Å². The largest absolute Gasteiger partial charge is 0.320 e. The minimum Gasteiger partial charge on any atom is -0.320 e.